The summed E-state index contributed by atoms with van der Waals surface area (Å²) < 4.78 is 37.8. The second kappa shape index (κ2) is 6.54. The maximum Gasteiger partial charge on any atom is 0.206 e. The normalized spacial score (nSPS) is 10.9. The molecule has 0 bridgehead atoms. The Morgan fingerprint density at radius 2 is 1.65 bits per heavy atom. The molecule has 0 fully saturated rings. The van der Waals surface area contributed by atoms with E-state index >= 15 is 0 Å². The third-order valence-electron chi connectivity index (χ3n) is 2.62. The molecule has 0 saturated carbocycles. The Balaban J connectivity index is 0.00000200. The minimum Gasteiger partial charge on any atom is -0.326 e. The number of rotatable bonds is 3. The Bertz CT molecular complexity index is 683. The van der Waals surface area contributed by atoms with Crippen LogP contribution in [-0.4, -0.2) is 8.42 Å². The Morgan fingerprint density at radius 1 is 1.05 bits per heavy atom. The van der Waals surface area contributed by atoms with Crippen LogP contribution >= 0.6 is 24.0 Å². The quantitative estimate of drug-likeness (QED) is 0.936. The van der Waals surface area contributed by atoms with Crippen molar-refractivity contribution in [1.29, 1.82) is 0 Å². The zero-order valence-corrected chi connectivity index (χ0v) is 12.6. The molecule has 0 radical (unpaired) electrons. The Labute approximate surface area is 127 Å². The molecule has 0 spiro atoms. The van der Waals surface area contributed by atoms with Gasteiger partial charge in [-0.2, -0.15) is 0 Å². The number of hydrogen-bond acceptors (Lipinski definition) is 3. The molecule has 0 aromatic heterocycles. The van der Waals surface area contributed by atoms with Crippen molar-refractivity contribution in [2.24, 2.45) is 5.73 Å². The van der Waals surface area contributed by atoms with Gasteiger partial charge in [0, 0.05) is 11.6 Å². The molecule has 0 unspecified atom stereocenters. The van der Waals surface area contributed by atoms with E-state index in [-0.39, 0.29) is 27.2 Å². The summed E-state index contributed by atoms with van der Waals surface area (Å²) in [6.45, 7) is 0.326. The van der Waals surface area contributed by atoms with Gasteiger partial charge in [-0.1, -0.05) is 23.7 Å². The minimum absolute atomic E-state index is 0. The molecule has 0 aliphatic rings. The van der Waals surface area contributed by atoms with Crippen LogP contribution in [0.25, 0.3) is 0 Å². The highest BCUT2D eigenvalue weighted by Crippen LogP contribution is 2.24. The molecule has 0 amide bonds. The lowest BCUT2D eigenvalue weighted by Crippen LogP contribution is -2.03. The summed E-state index contributed by atoms with van der Waals surface area (Å²) >= 11 is 5.67. The SMILES string of the molecule is Cl.NCc1ccc(S(=O)(=O)c2cc(F)cc(Cl)c2)cc1. The lowest BCUT2D eigenvalue weighted by atomic mass is 10.2. The summed E-state index contributed by atoms with van der Waals surface area (Å²) in [6.07, 6.45) is 0. The summed E-state index contributed by atoms with van der Waals surface area (Å²) in [5, 5.41) is 0.0390. The van der Waals surface area contributed by atoms with Gasteiger partial charge in [-0.25, -0.2) is 12.8 Å². The van der Waals surface area contributed by atoms with Gasteiger partial charge < -0.3 is 5.73 Å². The van der Waals surface area contributed by atoms with Crippen LogP contribution in [0.3, 0.4) is 0 Å². The van der Waals surface area contributed by atoms with Crippen molar-refractivity contribution in [3.8, 4) is 0 Å². The van der Waals surface area contributed by atoms with E-state index in [1.54, 1.807) is 12.1 Å². The van der Waals surface area contributed by atoms with Gasteiger partial charge in [0.15, 0.2) is 0 Å². The molecule has 20 heavy (non-hydrogen) atoms. The van der Waals surface area contributed by atoms with E-state index in [0.29, 0.717) is 6.54 Å². The number of benzene rings is 2. The molecule has 108 valence electrons. The van der Waals surface area contributed by atoms with Crippen molar-refractivity contribution in [2.45, 2.75) is 16.3 Å². The van der Waals surface area contributed by atoms with Crippen molar-refractivity contribution in [3.05, 3.63) is 58.9 Å². The molecular formula is C13H12Cl2FNO2S. The van der Waals surface area contributed by atoms with Gasteiger partial charge in [0.25, 0.3) is 0 Å². The fraction of sp³-hybridized carbons (Fsp3) is 0.0769. The van der Waals surface area contributed by atoms with Gasteiger partial charge in [-0.15, -0.1) is 12.4 Å². The van der Waals surface area contributed by atoms with Crippen molar-refractivity contribution < 1.29 is 12.8 Å². The van der Waals surface area contributed by atoms with Crippen LogP contribution in [0.5, 0.6) is 0 Å². The third-order valence-corrected chi connectivity index (χ3v) is 4.58. The lowest BCUT2D eigenvalue weighted by molar-refractivity contribution is 0.591. The molecule has 7 heteroatoms. The van der Waals surface area contributed by atoms with E-state index in [1.165, 1.54) is 18.2 Å². The first-order chi connectivity index (χ1) is 8.93. The summed E-state index contributed by atoms with van der Waals surface area (Å²) in [5.41, 5.74) is 6.26. The van der Waals surface area contributed by atoms with Gasteiger partial charge in [0.2, 0.25) is 9.84 Å². The minimum atomic E-state index is -3.77. The highest BCUT2D eigenvalue weighted by Gasteiger charge is 2.18. The fourth-order valence-electron chi connectivity index (χ4n) is 1.62. The maximum atomic E-state index is 13.2. The zero-order valence-electron chi connectivity index (χ0n) is 10.2. The summed E-state index contributed by atoms with van der Waals surface area (Å²) in [4.78, 5) is -0.0932. The Morgan fingerprint density at radius 3 is 2.15 bits per heavy atom. The maximum absolute atomic E-state index is 13.2. The lowest BCUT2D eigenvalue weighted by Gasteiger charge is -2.06. The number of hydrogen-bond donors (Lipinski definition) is 1. The highest BCUT2D eigenvalue weighted by molar-refractivity contribution is 7.91. The van der Waals surface area contributed by atoms with Crippen LogP contribution in [-0.2, 0) is 16.4 Å². The van der Waals surface area contributed by atoms with Gasteiger partial charge in [0.05, 0.1) is 9.79 Å². The Kier molecular flexibility index (Phi) is 5.53. The van der Waals surface area contributed by atoms with Crippen LogP contribution in [0, 0.1) is 5.82 Å². The van der Waals surface area contributed by atoms with Gasteiger partial charge in [-0.05, 0) is 35.9 Å². The molecule has 0 aliphatic carbocycles. The molecule has 2 rings (SSSR count). The first-order valence-corrected chi connectivity index (χ1v) is 7.30. The largest absolute Gasteiger partial charge is 0.326 e. The molecule has 0 atom stereocenters. The molecule has 2 aromatic rings. The van der Waals surface area contributed by atoms with Crippen LogP contribution in [0.4, 0.5) is 4.39 Å². The van der Waals surface area contributed by atoms with Crippen molar-refractivity contribution in [1.82, 2.24) is 0 Å². The standard InChI is InChI=1S/C13H11ClFNO2S.ClH/c14-10-5-11(15)7-13(6-10)19(17,18)12-3-1-9(8-16)2-4-12;/h1-7H,8,16H2;1H. The third kappa shape index (κ3) is 3.49. The van der Waals surface area contributed by atoms with Crippen molar-refractivity contribution >= 4 is 33.8 Å². The molecule has 2 N–H and O–H groups in total. The predicted molar refractivity (Wildman–Crippen MR) is 78.4 cm³/mol. The van der Waals surface area contributed by atoms with Crippen molar-refractivity contribution in [2.75, 3.05) is 0 Å². The van der Waals surface area contributed by atoms with Gasteiger partial charge in [0.1, 0.15) is 5.82 Å². The van der Waals surface area contributed by atoms with Crippen LogP contribution in [0.15, 0.2) is 52.3 Å². The molecule has 0 heterocycles. The number of nitrogens with two attached hydrogens (primary N) is 1. The topological polar surface area (TPSA) is 60.2 Å². The first kappa shape index (κ1) is 16.9. The summed E-state index contributed by atoms with van der Waals surface area (Å²) in [7, 11) is -3.77. The van der Waals surface area contributed by atoms with E-state index in [4.69, 9.17) is 17.3 Å². The second-order valence-electron chi connectivity index (χ2n) is 3.96. The van der Waals surface area contributed by atoms with E-state index in [0.717, 1.165) is 17.7 Å². The van der Waals surface area contributed by atoms with E-state index in [1.807, 2.05) is 0 Å². The van der Waals surface area contributed by atoms with Crippen LogP contribution in [0.2, 0.25) is 5.02 Å². The molecule has 3 nitrogen and oxygen atoms in total. The molecule has 0 aliphatic heterocycles. The van der Waals surface area contributed by atoms with Crippen LogP contribution < -0.4 is 5.73 Å². The zero-order chi connectivity index (χ0) is 14.0. The van der Waals surface area contributed by atoms with E-state index < -0.39 is 15.7 Å². The summed E-state index contributed by atoms with van der Waals surface area (Å²) in [6, 6.07) is 9.33. The fourth-order valence-corrected chi connectivity index (χ4v) is 3.23. The monoisotopic (exact) mass is 335 g/mol. The smallest absolute Gasteiger partial charge is 0.206 e. The average Bonchev–Trinajstić information content (AvgIpc) is 2.37. The second-order valence-corrected chi connectivity index (χ2v) is 6.34. The van der Waals surface area contributed by atoms with Gasteiger partial charge >= 0.3 is 0 Å². The average molecular weight is 336 g/mol. The predicted octanol–water partition coefficient (Wildman–Crippen LogP) is 3.19. The Hall–Kier alpha value is -1.14. The highest BCUT2D eigenvalue weighted by atomic mass is 35.5. The first-order valence-electron chi connectivity index (χ1n) is 5.43. The number of halogens is 3. The molecule has 2 aromatic carbocycles. The van der Waals surface area contributed by atoms with Gasteiger partial charge in [-0.3, -0.25) is 0 Å². The molecule has 0 saturated heterocycles. The molecular weight excluding hydrogens is 324 g/mol. The van der Waals surface area contributed by atoms with E-state index in [2.05, 4.69) is 0 Å². The van der Waals surface area contributed by atoms with Crippen molar-refractivity contribution in [3.63, 3.8) is 0 Å². The van der Waals surface area contributed by atoms with Crippen LogP contribution in [0.1, 0.15) is 5.56 Å². The van der Waals surface area contributed by atoms with E-state index in [9.17, 15) is 12.8 Å². The summed E-state index contributed by atoms with van der Waals surface area (Å²) in [5.74, 6) is -0.690. The number of sulfone groups is 1.